The highest BCUT2D eigenvalue weighted by Gasteiger charge is 2.14. The Bertz CT molecular complexity index is 1410. The molecule has 170 valence electrons. The number of aromatic nitrogens is 3. The molecule has 2 heterocycles. The number of carbonyl (C=O) groups is 1. The minimum absolute atomic E-state index is 0.0448. The van der Waals surface area contributed by atoms with Gasteiger partial charge in [-0.25, -0.2) is 18.5 Å². The lowest BCUT2D eigenvalue weighted by atomic mass is 10.1. The number of aromatic amines is 2. The molecular weight excluding hydrogens is 446 g/mol. The Labute approximate surface area is 188 Å². The van der Waals surface area contributed by atoms with E-state index < -0.39 is 10.0 Å². The SMILES string of the molecule is NS(=O)(=O)c1ccc(N=Nc2c(O)[nH]c3ccc(C(=O)NCCCc4cnc[nH]4)cc23)cc1. The highest BCUT2D eigenvalue weighted by Crippen LogP contribution is 2.36. The number of benzene rings is 2. The second kappa shape index (κ2) is 9.22. The van der Waals surface area contributed by atoms with Gasteiger partial charge in [-0.2, -0.15) is 5.11 Å². The molecule has 0 aliphatic carbocycles. The van der Waals surface area contributed by atoms with Gasteiger partial charge in [0.1, 0.15) is 0 Å². The van der Waals surface area contributed by atoms with Crippen LogP contribution in [0.3, 0.4) is 0 Å². The van der Waals surface area contributed by atoms with E-state index in [0.29, 0.717) is 28.7 Å². The van der Waals surface area contributed by atoms with Crippen LogP contribution in [-0.2, 0) is 16.4 Å². The van der Waals surface area contributed by atoms with Crippen molar-refractivity contribution >= 4 is 38.2 Å². The normalized spacial score (nSPS) is 11.9. The molecule has 2 aromatic heterocycles. The van der Waals surface area contributed by atoms with Gasteiger partial charge in [0.2, 0.25) is 15.9 Å². The van der Waals surface area contributed by atoms with E-state index in [1.807, 2.05) is 0 Å². The number of nitrogens with one attached hydrogen (secondary N) is 3. The van der Waals surface area contributed by atoms with Crippen molar-refractivity contribution < 1.29 is 18.3 Å². The van der Waals surface area contributed by atoms with Crippen molar-refractivity contribution in [1.29, 1.82) is 0 Å². The average molecular weight is 468 g/mol. The third-order valence-corrected chi connectivity index (χ3v) is 5.84. The maximum Gasteiger partial charge on any atom is 0.251 e. The second-order valence-corrected chi connectivity index (χ2v) is 8.82. The van der Waals surface area contributed by atoms with Crippen molar-refractivity contribution in [2.45, 2.75) is 17.7 Å². The summed E-state index contributed by atoms with van der Waals surface area (Å²) in [4.78, 5) is 22.3. The van der Waals surface area contributed by atoms with Gasteiger partial charge < -0.3 is 20.4 Å². The number of aryl methyl sites for hydroxylation is 1. The van der Waals surface area contributed by atoms with Crippen LogP contribution >= 0.6 is 0 Å². The molecule has 0 atom stereocenters. The lowest BCUT2D eigenvalue weighted by molar-refractivity contribution is 0.0953. The van der Waals surface area contributed by atoms with Crippen LogP contribution in [0, 0.1) is 0 Å². The summed E-state index contributed by atoms with van der Waals surface area (Å²) in [6.07, 6.45) is 4.89. The molecule has 33 heavy (non-hydrogen) atoms. The van der Waals surface area contributed by atoms with Gasteiger partial charge in [0, 0.05) is 29.4 Å². The van der Waals surface area contributed by atoms with Gasteiger partial charge >= 0.3 is 0 Å². The molecule has 0 saturated carbocycles. The van der Waals surface area contributed by atoms with Crippen LogP contribution in [0.2, 0.25) is 0 Å². The average Bonchev–Trinajstić information content (AvgIpc) is 3.41. The fourth-order valence-corrected chi connectivity index (χ4v) is 3.74. The van der Waals surface area contributed by atoms with Crippen LogP contribution < -0.4 is 10.5 Å². The lowest BCUT2D eigenvalue weighted by Gasteiger charge is -2.05. The van der Waals surface area contributed by atoms with Crippen molar-refractivity contribution in [3.63, 3.8) is 0 Å². The van der Waals surface area contributed by atoms with Crippen LogP contribution in [-0.4, -0.2) is 40.9 Å². The Morgan fingerprint density at radius 2 is 1.94 bits per heavy atom. The monoisotopic (exact) mass is 467 g/mol. The first-order valence-corrected chi connectivity index (χ1v) is 11.5. The molecule has 12 heteroatoms. The molecule has 2 aromatic carbocycles. The molecule has 1 amide bonds. The van der Waals surface area contributed by atoms with Crippen LogP contribution in [0.4, 0.5) is 11.4 Å². The molecule has 4 aromatic rings. The summed E-state index contributed by atoms with van der Waals surface area (Å²) in [5.41, 5.74) is 2.53. The summed E-state index contributed by atoms with van der Waals surface area (Å²) in [5.74, 6) is -0.448. The first kappa shape index (κ1) is 22.2. The molecule has 0 unspecified atom stereocenters. The predicted octanol–water partition coefficient (Wildman–Crippen LogP) is 3.02. The van der Waals surface area contributed by atoms with Crippen molar-refractivity contribution in [3.8, 4) is 5.88 Å². The minimum atomic E-state index is -3.81. The van der Waals surface area contributed by atoms with E-state index in [4.69, 9.17) is 5.14 Å². The van der Waals surface area contributed by atoms with E-state index in [1.54, 1.807) is 30.7 Å². The highest BCUT2D eigenvalue weighted by atomic mass is 32.2. The molecule has 0 aliphatic rings. The number of carbonyl (C=O) groups excluding carboxylic acids is 1. The van der Waals surface area contributed by atoms with E-state index >= 15 is 0 Å². The number of hydrogen-bond acceptors (Lipinski definition) is 7. The molecule has 0 radical (unpaired) electrons. The summed E-state index contributed by atoms with van der Waals surface area (Å²) < 4.78 is 22.7. The fraction of sp³-hybridized carbons (Fsp3) is 0.143. The molecule has 6 N–H and O–H groups in total. The van der Waals surface area contributed by atoms with Gasteiger partial charge in [0.05, 0.1) is 22.4 Å². The number of azo groups is 1. The maximum absolute atomic E-state index is 12.5. The Balaban J connectivity index is 1.48. The van der Waals surface area contributed by atoms with Gasteiger partial charge in [0.15, 0.2) is 5.69 Å². The summed E-state index contributed by atoms with van der Waals surface area (Å²) in [6, 6.07) is 10.5. The van der Waals surface area contributed by atoms with Gasteiger partial charge in [0.25, 0.3) is 5.91 Å². The topological polar surface area (TPSA) is 179 Å². The molecular formula is C21H21N7O4S. The summed E-state index contributed by atoms with van der Waals surface area (Å²) in [6.45, 7) is 0.495. The van der Waals surface area contributed by atoms with E-state index in [2.05, 4.69) is 30.5 Å². The van der Waals surface area contributed by atoms with Crippen LogP contribution in [0.5, 0.6) is 5.88 Å². The predicted molar refractivity (Wildman–Crippen MR) is 121 cm³/mol. The molecule has 0 saturated heterocycles. The zero-order valence-corrected chi connectivity index (χ0v) is 18.1. The van der Waals surface area contributed by atoms with Crippen molar-refractivity contribution in [1.82, 2.24) is 20.3 Å². The van der Waals surface area contributed by atoms with E-state index in [-0.39, 0.29) is 22.4 Å². The third-order valence-electron chi connectivity index (χ3n) is 4.91. The molecule has 11 nitrogen and oxygen atoms in total. The first-order valence-electron chi connectivity index (χ1n) is 9.96. The van der Waals surface area contributed by atoms with Crippen LogP contribution in [0.25, 0.3) is 10.9 Å². The number of primary sulfonamides is 1. The first-order chi connectivity index (χ1) is 15.8. The number of sulfonamides is 1. The van der Waals surface area contributed by atoms with E-state index in [0.717, 1.165) is 18.5 Å². The number of nitrogens with two attached hydrogens (primary N) is 1. The summed E-state index contributed by atoms with van der Waals surface area (Å²) in [7, 11) is -3.81. The van der Waals surface area contributed by atoms with Gasteiger partial charge in [-0.3, -0.25) is 4.79 Å². The zero-order chi connectivity index (χ0) is 23.4. The highest BCUT2D eigenvalue weighted by molar-refractivity contribution is 7.89. The smallest absolute Gasteiger partial charge is 0.251 e. The fourth-order valence-electron chi connectivity index (χ4n) is 3.22. The van der Waals surface area contributed by atoms with E-state index in [9.17, 15) is 18.3 Å². The number of nitrogens with zero attached hydrogens (tertiary/aromatic N) is 3. The summed E-state index contributed by atoms with van der Waals surface area (Å²) in [5, 5.41) is 26.8. The van der Waals surface area contributed by atoms with Crippen molar-refractivity contribution in [2.24, 2.45) is 15.4 Å². The number of rotatable bonds is 8. The molecule has 0 fully saturated rings. The van der Waals surface area contributed by atoms with Gasteiger partial charge in [-0.1, -0.05) is 0 Å². The molecule has 4 rings (SSSR count). The Morgan fingerprint density at radius 1 is 1.15 bits per heavy atom. The maximum atomic E-state index is 12.5. The third kappa shape index (κ3) is 5.25. The Kier molecular flexibility index (Phi) is 6.20. The van der Waals surface area contributed by atoms with Gasteiger partial charge in [-0.05, 0) is 55.3 Å². The Hall–Kier alpha value is -4.03. The van der Waals surface area contributed by atoms with Crippen molar-refractivity contribution in [3.05, 3.63) is 66.2 Å². The number of imidazole rings is 1. The largest absolute Gasteiger partial charge is 0.493 e. The Morgan fingerprint density at radius 3 is 2.64 bits per heavy atom. The van der Waals surface area contributed by atoms with Gasteiger partial charge in [-0.15, -0.1) is 5.11 Å². The second-order valence-electron chi connectivity index (χ2n) is 7.26. The number of hydrogen-bond donors (Lipinski definition) is 5. The van der Waals surface area contributed by atoms with Crippen LogP contribution in [0.1, 0.15) is 22.5 Å². The number of H-pyrrole nitrogens is 2. The minimum Gasteiger partial charge on any atom is -0.493 e. The van der Waals surface area contributed by atoms with Crippen molar-refractivity contribution in [2.75, 3.05) is 6.54 Å². The van der Waals surface area contributed by atoms with E-state index in [1.165, 1.54) is 24.3 Å². The zero-order valence-electron chi connectivity index (χ0n) is 17.3. The summed E-state index contributed by atoms with van der Waals surface area (Å²) >= 11 is 0. The number of fused-ring (bicyclic) bond motifs is 1. The van der Waals surface area contributed by atoms with Crippen LogP contribution in [0.15, 0.2) is 70.1 Å². The standard InChI is InChI=1S/C21H21N7O4S/c22-33(31,32)16-6-4-14(5-7-16)27-28-19-17-10-13(3-8-18(17)26-21(19)30)20(29)24-9-1-2-15-11-23-12-25-15/h3-8,10-12,26,30H,1-2,9H2,(H,23,25)(H,24,29)(H2,22,31,32). The molecule has 0 bridgehead atoms. The number of aromatic hydroxyl groups is 1. The quantitative estimate of drug-likeness (QED) is 0.197. The molecule has 0 aliphatic heterocycles. The number of amides is 1. The molecule has 0 spiro atoms. The lowest BCUT2D eigenvalue weighted by Crippen LogP contribution is -2.24.